The second kappa shape index (κ2) is 4.55. The summed E-state index contributed by atoms with van der Waals surface area (Å²) in [5, 5.41) is 9.97. The molecule has 86 valence electrons. The number of aromatic hydroxyl groups is 1. The van der Waals surface area contributed by atoms with Crippen molar-refractivity contribution in [2.24, 2.45) is 0 Å². The molecular weight excluding hydrogens is 243 g/mol. The molecule has 0 saturated carbocycles. The predicted molar refractivity (Wildman–Crippen MR) is 62.9 cm³/mol. The van der Waals surface area contributed by atoms with Gasteiger partial charge < -0.3 is 5.11 Å². The maximum atomic E-state index is 13.1. The number of carbonyl (C=O) groups excluding carboxylic acids is 1. The van der Waals surface area contributed by atoms with Gasteiger partial charge in [-0.05, 0) is 36.4 Å². The summed E-state index contributed by atoms with van der Waals surface area (Å²) in [6.45, 7) is 0. The normalized spacial score (nSPS) is 10.2. The van der Waals surface area contributed by atoms with E-state index in [9.17, 15) is 14.3 Å². The molecular formula is C13H8ClFO2. The summed E-state index contributed by atoms with van der Waals surface area (Å²) in [5.41, 5.74) is 0.280. The molecule has 2 aromatic carbocycles. The van der Waals surface area contributed by atoms with E-state index < -0.39 is 17.3 Å². The molecule has 0 atom stereocenters. The van der Waals surface area contributed by atoms with E-state index >= 15 is 0 Å². The van der Waals surface area contributed by atoms with E-state index in [-0.39, 0.29) is 5.56 Å². The minimum atomic E-state index is -0.815. The summed E-state index contributed by atoms with van der Waals surface area (Å²) in [6, 6.07) is 10.0. The summed E-state index contributed by atoms with van der Waals surface area (Å²) in [5.74, 6) is -1.89. The lowest BCUT2D eigenvalue weighted by molar-refractivity contribution is 0.103. The van der Waals surface area contributed by atoms with Gasteiger partial charge in [-0.25, -0.2) is 4.39 Å². The molecule has 0 fully saturated rings. The van der Waals surface area contributed by atoms with Crippen molar-refractivity contribution in [3.8, 4) is 5.75 Å². The monoisotopic (exact) mass is 250 g/mol. The van der Waals surface area contributed by atoms with Crippen molar-refractivity contribution in [1.29, 1.82) is 0 Å². The smallest absolute Gasteiger partial charge is 0.196 e. The quantitative estimate of drug-likeness (QED) is 0.830. The molecule has 1 N–H and O–H groups in total. The fourth-order valence-electron chi connectivity index (χ4n) is 1.46. The standard InChI is InChI=1S/C13H8ClFO2/c14-9-6-4-8(5-7-9)12(16)10-2-1-3-11(15)13(10)17/h1-7,17H. The second-order valence-electron chi connectivity index (χ2n) is 3.47. The van der Waals surface area contributed by atoms with Crippen molar-refractivity contribution in [2.45, 2.75) is 0 Å². The van der Waals surface area contributed by atoms with Gasteiger partial charge in [0.15, 0.2) is 17.3 Å². The van der Waals surface area contributed by atoms with E-state index in [1.807, 2.05) is 0 Å². The first kappa shape index (κ1) is 11.6. The fourth-order valence-corrected chi connectivity index (χ4v) is 1.58. The Balaban J connectivity index is 2.44. The van der Waals surface area contributed by atoms with Crippen molar-refractivity contribution in [2.75, 3.05) is 0 Å². The number of para-hydroxylation sites is 1. The van der Waals surface area contributed by atoms with Crippen LogP contribution in [-0.2, 0) is 0 Å². The van der Waals surface area contributed by atoms with Crippen LogP contribution in [0.25, 0.3) is 0 Å². The van der Waals surface area contributed by atoms with E-state index in [1.165, 1.54) is 24.3 Å². The molecule has 17 heavy (non-hydrogen) atoms. The summed E-state index contributed by atoms with van der Waals surface area (Å²) in [6.07, 6.45) is 0. The number of hydrogen-bond donors (Lipinski definition) is 1. The molecule has 0 aromatic heterocycles. The van der Waals surface area contributed by atoms with Gasteiger partial charge in [-0.2, -0.15) is 0 Å². The minimum Gasteiger partial charge on any atom is -0.504 e. The van der Waals surface area contributed by atoms with Crippen molar-refractivity contribution in [3.05, 3.63) is 64.4 Å². The van der Waals surface area contributed by atoms with Crippen LogP contribution in [0.5, 0.6) is 5.75 Å². The Hall–Kier alpha value is -1.87. The topological polar surface area (TPSA) is 37.3 Å². The maximum absolute atomic E-state index is 13.1. The van der Waals surface area contributed by atoms with Crippen LogP contribution in [0.2, 0.25) is 5.02 Å². The fraction of sp³-hybridized carbons (Fsp3) is 0. The third kappa shape index (κ3) is 2.29. The Bertz CT molecular complexity index is 564. The van der Waals surface area contributed by atoms with Crippen LogP contribution in [0.3, 0.4) is 0 Å². The van der Waals surface area contributed by atoms with E-state index in [0.717, 1.165) is 6.07 Å². The lowest BCUT2D eigenvalue weighted by atomic mass is 10.0. The third-order valence-corrected chi connectivity index (χ3v) is 2.59. The molecule has 2 rings (SSSR count). The van der Waals surface area contributed by atoms with Crippen LogP contribution >= 0.6 is 11.6 Å². The molecule has 0 aliphatic rings. The zero-order valence-electron chi connectivity index (χ0n) is 8.65. The summed E-state index contributed by atoms with van der Waals surface area (Å²) < 4.78 is 13.1. The molecule has 0 bridgehead atoms. The van der Waals surface area contributed by atoms with E-state index in [1.54, 1.807) is 12.1 Å². The number of benzene rings is 2. The van der Waals surface area contributed by atoms with Crippen LogP contribution < -0.4 is 0 Å². The van der Waals surface area contributed by atoms with Crippen LogP contribution in [0.15, 0.2) is 42.5 Å². The Morgan fingerprint density at radius 3 is 2.41 bits per heavy atom. The average molecular weight is 251 g/mol. The Morgan fingerprint density at radius 1 is 1.12 bits per heavy atom. The summed E-state index contributed by atoms with van der Waals surface area (Å²) in [4.78, 5) is 12.0. The number of rotatable bonds is 2. The number of carbonyl (C=O) groups is 1. The van der Waals surface area contributed by atoms with Gasteiger partial charge in [0.05, 0.1) is 5.56 Å². The van der Waals surface area contributed by atoms with E-state index in [2.05, 4.69) is 0 Å². The first-order valence-corrected chi connectivity index (χ1v) is 5.25. The van der Waals surface area contributed by atoms with Gasteiger partial charge >= 0.3 is 0 Å². The van der Waals surface area contributed by atoms with Crippen LogP contribution in [0.4, 0.5) is 4.39 Å². The average Bonchev–Trinajstić information content (AvgIpc) is 2.33. The highest BCUT2D eigenvalue weighted by atomic mass is 35.5. The first-order valence-electron chi connectivity index (χ1n) is 4.87. The van der Waals surface area contributed by atoms with Crippen molar-refractivity contribution >= 4 is 17.4 Å². The number of phenols is 1. The van der Waals surface area contributed by atoms with Crippen LogP contribution in [0, 0.1) is 5.82 Å². The summed E-state index contributed by atoms with van der Waals surface area (Å²) >= 11 is 5.70. The van der Waals surface area contributed by atoms with Gasteiger partial charge in [0.25, 0.3) is 0 Å². The Morgan fingerprint density at radius 2 is 1.76 bits per heavy atom. The molecule has 0 unspecified atom stereocenters. The maximum Gasteiger partial charge on any atom is 0.196 e. The van der Waals surface area contributed by atoms with E-state index in [0.29, 0.717) is 10.6 Å². The zero-order valence-corrected chi connectivity index (χ0v) is 9.41. The minimum absolute atomic E-state index is 0.0627. The van der Waals surface area contributed by atoms with Gasteiger partial charge in [0.1, 0.15) is 0 Å². The van der Waals surface area contributed by atoms with Crippen LogP contribution in [-0.4, -0.2) is 10.9 Å². The van der Waals surface area contributed by atoms with Gasteiger partial charge in [0.2, 0.25) is 0 Å². The molecule has 2 aromatic rings. The lowest BCUT2D eigenvalue weighted by Crippen LogP contribution is -2.02. The molecule has 2 nitrogen and oxygen atoms in total. The van der Waals surface area contributed by atoms with Gasteiger partial charge in [0, 0.05) is 10.6 Å². The highest BCUT2D eigenvalue weighted by Crippen LogP contribution is 2.24. The molecule has 0 spiro atoms. The predicted octanol–water partition coefficient (Wildman–Crippen LogP) is 3.42. The molecule has 0 aliphatic heterocycles. The van der Waals surface area contributed by atoms with Gasteiger partial charge in [-0.3, -0.25) is 4.79 Å². The molecule has 0 radical (unpaired) electrons. The Kier molecular flexibility index (Phi) is 3.11. The SMILES string of the molecule is O=C(c1ccc(Cl)cc1)c1cccc(F)c1O. The second-order valence-corrected chi connectivity index (χ2v) is 3.91. The summed E-state index contributed by atoms with van der Waals surface area (Å²) in [7, 11) is 0. The molecule has 4 heteroatoms. The third-order valence-electron chi connectivity index (χ3n) is 2.34. The molecule has 0 heterocycles. The number of ketones is 1. The van der Waals surface area contributed by atoms with Gasteiger partial charge in [-0.15, -0.1) is 0 Å². The highest BCUT2D eigenvalue weighted by Gasteiger charge is 2.15. The van der Waals surface area contributed by atoms with Crippen molar-refractivity contribution in [3.63, 3.8) is 0 Å². The zero-order chi connectivity index (χ0) is 12.4. The van der Waals surface area contributed by atoms with Crippen LogP contribution in [0.1, 0.15) is 15.9 Å². The lowest BCUT2D eigenvalue weighted by Gasteiger charge is -2.04. The number of hydrogen-bond acceptors (Lipinski definition) is 2. The first-order chi connectivity index (χ1) is 8.09. The number of halogens is 2. The molecule has 0 amide bonds. The highest BCUT2D eigenvalue weighted by molar-refractivity contribution is 6.30. The largest absolute Gasteiger partial charge is 0.504 e. The van der Waals surface area contributed by atoms with Crippen molar-refractivity contribution < 1.29 is 14.3 Å². The molecule has 0 saturated heterocycles. The number of phenolic OH excluding ortho intramolecular Hbond substituents is 1. The van der Waals surface area contributed by atoms with Gasteiger partial charge in [-0.1, -0.05) is 17.7 Å². The Labute approximate surface area is 102 Å². The van der Waals surface area contributed by atoms with Crippen molar-refractivity contribution in [1.82, 2.24) is 0 Å². The molecule has 0 aliphatic carbocycles. The van der Waals surface area contributed by atoms with E-state index in [4.69, 9.17) is 11.6 Å².